The van der Waals surface area contributed by atoms with Crippen molar-refractivity contribution in [1.29, 1.82) is 0 Å². The molecule has 1 N–H and O–H groups in total. The molecule has 17 heavy (non-hydrogen) atoms. The average molecular weight is 237 g/mol. The van der Waals surface area contributed by atoms with Gasteiger partial charge in [-0.3, -0.25) is 0 Å². The smallest absolute Gasteiger partial charge is 0.118 e. The lowest BCUT2D eigenvalue weighted by molar-refractivity contribution is 0.157. The van der Waals surface area contributed by atoms with Gasteiger partial charge in [-0.15, -0.1) is 0 Å². The third kappa shape index (κ3) is 4.75. The zero-order valence-electron chi connectivity index (χ0n) is 11.2. The molecular weight excluding hydrogens is 214 g/mol. The average Bonchev–Trinajstić information content (AvgIpc) is 2.36. The Morgan fingerprint density at radius 1 is 1.12 bits per heavy atom. The molecule has 1 aromatic carbocycles. The van der Waals surface area contributed by atoms with Gasteiger partial charge in [-0.25, -0.2) is 0 Å². The van der Waals surface area contributed by atoms with E-state index in [1.165, 1.54) is 5.56 Å². The van der Waals surface area contributed by atoms with Crippen LogP contribution in [0.2, 0.25) is 0 Å². The molecule has 1 rings (SSSR count). The lowest BCUT2D eigenvalue weighted by Gasteiger charge is -2.17. The molecule has 1 aromatic rings. The number of nitrogens with one attached hydrogen (secondary N) is 1. The fraction of sp³-hybridized carbons (Fsp3) is 0.571. The molecule has 1 unspecified atom stereocenters. The summed E-state index contributed by atoms with van der Waals surface area (Å²) in [7, 11) is 3.42. The molecule has 0 bridgehead atoms. The molecule has 3 nitrogen and oxygen atoms in total. The van der Waals surface area contributed by atoms with E-state index in [0.29, 0.717) is 12.0 Å². The minimum absolute atomic E-state index is 0.347. The van der Waals surface area contributed by atoms with Crippen LogP contribution in [0.3, 0.4) is 0 Å². The number of methoxy groups -OCH3 is 2. The Balaban J connectivity index is 2.43. The summed E-state index contributed by atoms with van der Waals surface area (Å²) in [6.07, 6.45) is 0. The Hall–Kier alpha value is -1.06. The zero-order valence-corrected chi connectivity index (χ0v) is 11.2. The molecule has 0 spiro atoms. The minimum Gasteiger partial charge on any atom is -0.497 e. The second-order valence-electron chi connectivity index (χ2n) is 4.46. The monoisotopic (exact) mass is 237 g/mol. The van der Waals surface area contributed by atoms with Gasteiger partial charge in [0, 0.05) is 26.3 Å². The Morgan fingerprint density at radius 3 is 2.29 bits per heavy atom. The van der Waals surface area contributed by atoms with Crippen LogP contribution in [0.15, 0.2) is 24.3 Å². The van der Waals surface area contributed by atoms with Gasteiger partial charge in [0.15, 0.2) is 0 Å². The van der Waals surface area contributed by atoms with Gasteiger partial charge in [-0.2, -0.15) is 0 Å². The number of hydrogen-bond donors (Lipinski definition) is 1. The predicted molar refractivity (Wildman–Crippen MR) is 70.5 cm³/mol. The molecule has 0 aromatic heterocycles. The molecule has 0 radical (unpaired) electrons. The molecule has 0 heterocycles. The number of hydrogen-bond acceptors (Lipinski definition) is 3. The molecule has 0 aliphatic heterocycles. The molecule has 3 heteroatoms. The first-order chi connectivity index (χ1) is 8.17. The summed E-state index contributed by atoms with van der Waals surface area (Å²) in [5, 5.41) is 3.50. The number of rotatable bonds is 7. The fourth-order valence-electron chi connectivity index (χ4n) is 1.73. The van der Waals surface area contributed by atoms with Crippen LogP contribution in [0, 0.1) is 5.92 Å². The minimum atomic E-state index is 0.347. The lowest BCUT2D eigenvalue weighted by atomic mass is 10.1. The topological polar surface area (TPSA) is 30.5 Å². The summed E-state index contributed by atoms with van der Waals surface area (Å²) in [6, 6.07) is 8.52. The predicted octanol–water partition coefficient (Wildman–Crippen LogP) is 2.63. The van der Waals surface area contributed by atoms with Crippen molar-refractivity contribution >= 4 is 0 Å². The Bertz CT molecular complexity index is 311. The highest BCUT2D eigenvalue weighted by atomic mass is 16.5. The van der Waals surface area contributed by atoms with Crippen LogP contribution in [0.5, 0.6) is 5.75 Å². The van der Waals surface area contributed by atoms with E-state index < -0.39 is 0 Å². The van der Waals surface area contributed by atoms with Crippen molar-refractivity contribution in [1.82, 2.24) is 5.32 Å². The summed E-state index contributed by atoms with van der Waals surface area (Å²) in [4.78, 5) is 0. The van der Waals surface area contributed by atoms with Crippen molar-refractivity contribution in [3.05, 3.63) is 29.8 Å². The van der Waals surface area contributed by atoms with Crippen LogP contribution in [-0.2, 0) is 4.74 Å². The van der Waals surface area contributed by atoms with E-state index in [1.807, 2.05) is 12.1 Å². The SMILES string of the molecule is COCC(C)CN[C@@H](C)c1ccc(OC)cc1. The number of ether oxygens (including phenoxy) is 2. The largest absolute Gasteiger partial charge is 0.497 e. The molecule has 0 amide bonds. The molecule has 0 saturated carbocycles. The van der Waals surface area contributed by atoms with Gasteiger partial charge in [-0.05, 0) is 30.5 Å². The van der Waals surface area contributed by atoms with Crippen molar-refractivity contribution < 1.29 is 9.47 Å². The van der Waals surface area contributed by atoms with Crippen LogP contribution in [0.4, 0.5) is 0 Å². The first-order valence-corrected chi connectivity index (χ1v) is 6.03. The molecular formula is C14H23NO2. The third-order valence-electron chi connectivity index (χ3n) is 2.84. The summed E-state index contributed by atoms with van der Waals surface area (Å²) in [5.41, 5.74) is 1.27. The first-order valence-electron chi connectivity index (χ1n) is 6.03. The van der Waals surface area contributed by atoms with Crippen molar-refractivity contribution in [2.75, 3.05) is 27.4 Å². The second-order valence-corrected chi connectivity index (χ2v) is 4.46. The van der Waals surface area contributed by atoms with Gasteiger partial charge in [0.25, 0.3) is 0 Å². The van der Waals surface area contributed by atoms with E-state index in [-0.39, 0.29) is 0 Å². The van der Waals surface area contributed by atoms with E-state index in [9.17, 15) is 0 Å². The summed E-state index contributed by atoms with van der Waals surface area (Å²) >= 11 is 0. The quantitative estimate of drug-likeness (QED) is 0.790. The van der Waals surface area contributed by atoms with Crippen molar-refractivity contribution in [2.24, 2.45) is 5.92 Å². The van der Waals surface area contributed by atoms with Gasteiger partial charge in [0.2, 0.25) is 0 Å². The number of benzene rings is 1. The Labute approximate surface area is 104 Å². The maximum Gasteiger partial charge on any atom is 0.118 e. The summed E-state index contributed by atoms with van der Waals surface area (Å²) < 4.78 is 10.3. The highest BCUT2D eigenvalue weighted by molar-refractivity contribution is 5.28. The van der Waals surface area contributed by atoms with Gasteiger partial charge >= 0.3 is 0 Å². The van der Waals surface area contributed by atoms with E-state index >= 15 is 0 Å². The Morgan fingerprint density at radius 2 is 1.76 bits per heavy atom. The van der Waals surface area contributed by atoms with Gasteiger partial charge in [0.1, 0.15) is 5.75 Å². The maximum absolute atomic E-state index is 5.14. The van der Waals surface area contributed by atoms with Gasteiger partial charge < -0.3 is 14.8 Å². The maximum atomic E-state index is 5.14. The van der Waals surface area contributed by atoms with Crippen LogP contribution in [-0.4, -0.2) is 27.4 Å². The lowest BCUT2D eigenvalue weighted by Crippen LogP contribution is -2.26. The second kappa shape index (κ2) is 7.30. The standard InChI is InChI=1S/C14H23NO2/c1-11(10-16-3)9-15-12(2)13-5-7-14(17-4)8-6-13/h5-8,11-12,15H,9-10H2,1-4H3/t11?,12-/m0/s1. The van der Waals surface area contributed by atoms with Crippen LogP contribution < -0.4 is 10.1 Å². The van der Waals surface area contributed by atoms with E-state index in [1.54, 1.807) is 14.2 Å². The fourth-order valence-corrected chi connectivity index (χ4v) is 1.73. The van der Waals surface area contributed by atoms with Crippen molar-refractivity contribution in [3.8, 4) is 5.75 Å². The van der Waals surface area contributed by atoms with Crippen molar-refractivity contribution in [2.45, 2.75) is 19.9 Å². The Kier molecular flexibility index (Phi) is 6.01. The van der Waals surface area contributed by atoms with Crippen molar-refractivity contribution in [3.63, 3.8) is 0 Å². The molecule has 2 atom stereocenters. The van der Waals surface area contributed by atoms with E-state index in [2.05, 4.69) is 31.3 Å². The third-order valence-corrected chi connectivity index (χ3v) is 2.84. The summed E-state index contributed by atoms with van der Waals surface area (Å²) in [5.74, 6) is 1.43. The highest BCUT2D eigenvalue weighted by Gasteiger charge is 2.07. The van der Waals surface area contributed by atoms with E-state index in [0.717, 1.165) is 18.9 Å². The van der Waals surface area contributed by atoms with Crippen LogP contribution >= 0.6 is 0 Å². The van der Waals surface area contributed by atoms with Crippen LogP contribution in [0.25, 0.3) is 0 Å². The van der Waals surface area contributed by atoms with Gasteiger partial charge in [0.05, 0.1) is 7.11 Å². The van der Waals surface area contributed by atoms with Gasteiger partial charge in [-0.1, -0.05) is 19.1 Å². The first kappa shape index (κ1) is 14.0. The highest BCUT2D eigenvalue weighted by Crippen LogP contribution is 2.17. The molecule has 96 valence electrons. The molecule has 0 aliphatic rings. The molecule has 0 fully saturated rings. The zero-order chi connectivity index (χ0) is 12.7. The van der Waals surface area contributed by atoms with E-state index in [4.69, 9.17) is 9.47 Å². The van der Waals surface area contributed by atoms with Crippen LogP contribution in [0.1, 0.15) is 25.5 Å². The molecule has 0 aliphatic carbocycles. The summed E-state index contributed by atoms with van der Waals surface area (Å²) in [6.45, 7) is 6.10. The molecule has 0 saturated heterocycles. The normalized spacial score (nSPS) is 14.4.